The fourth-order valence-electron chi connectivity index (χ4n) is 1.06. The average Bonchev–Trinajstić information content (AvgIpc) is 2.41. The number of ketones is 1. The molecule has 0 saturated carbocycles. The van der Waals surface area contributed by atoms with Crippen molar-refractivity contribution < 1.29 is 23.9 Å². The number of carbonyl (C=O) groups is 2. The lowest BCUT2D eigenvalue weighted by Gasteiger charge is -2.04. The van der Waals surface area contributed by atoms with E-state index < -0.39 is 18.5 Å². The first-order valence-electron chi connectivity index (χ1n) is 5.11. The maximum absolute atomic E-state index is 11.1. The molecule has 18 heavy (non-hydrogen) atoms. The molecular weight excluding hydrogens is 238 g/mol. The lowest BCUT2D eigenvalue weighted by atomic mass is 10.2. The van der Waals surface area contributed by atoms with Crippen LogP contribution in [0.25, 0.3) is 0 Å². The second-order valence-electron chi connectivity index (χ2n) is 3.26. The first kappa shape index (κ1) is 13.6. The number of ether oxygens (including phenoxy) is 2. The Morgan fingerprint density at radius 2 is 1.89 bits per heavy atom. The van der Waals surface area contributed by atoms with E-state index in [2.05, 4.69) is 9.73 Å². The Kier molecular flexibility index (Phi) is 5.86. The maximum Gasteiger partial charge on any atom is 0.509 e. The normalized spacial score (nSPS) is 9.11. The van der Waals surface area contributed by atoms with Crippen LogP contribution < -0.4 is 0 Å². The third-order valence-corrected chi connectivity index (χ3v) is 1.87. The molecule has 0 aliphatic carbocycles. The van der Waals surface area contributed by atoms with Crippen molar-refractivity contribution in [3.8, 4) is 0 Å². The molecule has 0 spiro atoms. The van der Waals surface area contributed by atoms with Gasteiger partial charge in [-0.25, -0.2) is 9.59 Å². The van der Waals surface area contributed by atoms with E-state index in [9.17, 15) is 14.4 Å². The van der Waals surface area contributed by atoms with Crippen LogP contribution in [0.4, 0.5) is 4.79 Å². The van der Waals surface area contributed by atoms with Crippen molar-refractivity contribution in [1.82, 2.24) is 0 Å². The van der Waals surface area contributed by atoms with Crippen LogP contribution in [0.5, 0.6) is 0 Å². The van der Waals surface area contributed by atoms with Crippen molar-refractivity contribution in [2.24, 2.45) is 4.99 Å². The summed E-state index contributed by atoms with van der Waals surface area (Å²) in [7, 11) is 0. The van der Waals surface area contributed by atoms with E-state index in [0.29, 0.717) is 0 Å². The Balaban J connectivity index is 2.22. The van der Waals surface area contributed by atoms with Crippen molar-refractivity contribution in [2.75, 3.05) is 13.2 Å². The zero-order chi connectivity index (χ0) is 13.2. The van der Waals surface area contributed by atoms with Gasteiger partial charge in [-0.3, -0.25) is 4.79 Å². The Morgan fingerprint density at radius 3 is 2.56 bits per heavy atom. The summed E-state index contributed by atoms with van der Waals surface area (Å²) in [6.45, 7) is -0.755. The van der Waals surface area contributed by atoms with Gasteiger partial charge in [-0.1, -0.05) is 30.3 Å². The third-order valence-electron chi connectivity index (χ3n) is 1.87. The van der Waals surface area contributed by atoms with Gasteiger partial charge in [0, 0.05) is 0 Å². The van der Waals surface area contributed by atoms with Crippen LogP contribution >= 0.6 is 0 Å². The van der Waals surface area contributed by atoms with E-state index in [1.54, 1.807) is 12.1 Å². The van der Waals surface area contributed by atoms with Gasteiger partial charge in [0.15, 0.2) is 12.4 Å². The minimum absolute atomic E-state index is 0.0698. The van der Waals surface area contributed by atoms with Gasteiger partial charge in [0.2, 0.25) is 6.08 Å². The summed E-state index contributed by atoms with van der Waals surface area (Å²) >= 11 is 0. The molecule has 0 unspecified atom stereocenters. The Bertz CT molecular complexity index is 451. The van der Waals surface area contributed by atoms with E-state index >= 15 is 0 Å². The summed E-state index contributed by atoms with van der Waals surface area (Å²) in [5, 5.41) is 0. The Labute approximate surface area is 103 Å². The Hall–Kier alpha value is -2.46. The lowest BCUT2D eigenvalue weighted by molar-refractivity contribution is -0.121. The zero-order valence-corrected chi connectivity index (χ0v) is 9.50. The standard InChI is InChI=1S/C12H11NO5/c14-9-13-6-11(15)8-18-12(16)17-7-10-4-2-1-3-5-10/h1-5H,6-8H2. The van der Waals surface area contributed by atoms with E-state index in [0.717, 1.165) is 5.56 Å². The predicted octanol–water partition coefficient (Wildman–Crippen LogP) is 1.24. The van der Waals surface area contributed by atoms with Gasteiger partial charge in [0.05, 0.1) is 0 Å². The predicted molar refractivity (Wildman–Crippen MR) is 60.6 cm³/mol. The molecule has 6 heteroatoms. The van der Waals surface area contributed by atoms with Crippen molar-refractivity contribution >= 4 is 18.0 Å². The van der Waals surface area contributed by atoms with Gasteiger partial charge in [-0.15, -0.1) is 0 Å². The molecule has 6 nitrogen and oxygen atoms in total. The highest BCUT2D eigenvalue weighted by Gasteiger charge is 2.08. The summed E-state index contributed by atoms with van der Waals surface area (Å²) in [5.41, 5.74) is 0.811. The van der Waals surface area contributed by atoms with Gasteiger partial charge in [0.25, 0.3) is 0 Å². The van der Waals surface area contributed by atoms with Crippen LogP contribution in [-0.2, 0) is 25.7 Å². The number of hydrogen-bond donors (Lipinski definition) is 0. The lowest BCUT2D eigenvalue weighted by Crippen LogP contribution is -2.16. The number of nitrogens with zero attached hydrogens (tertiary/aromatic N) is 1. The molecule has 1 rings (SSSR count). The molecule has 0 saturated heterocycles. The van der Waals surface area contributed by atoms with Crippen LogP contribution in [0.15, 0.2) is 35.3 Å². The smallest absolute Gasteiger partial charge is 0.429 e. The number of rotatable bonds is 6. The second-order valence-corrected chi connectivity index (χ2v) is 3.26. The first-order chi connectivity index (χ1) is 8.72. The molecule has 0 amide bonds. The van der Waals surface area contributed by atoms with Crippen LogP contribution in [0.3, 0.4) is 0 Å². The summed E-state index contributed by atoms with van der Waals surface area (Å²) in [5.74, 6) is -0.505. The highest BCUT2D eigenvalue weighted by molar-refractivity contribution is 5.83. The molecule has 0 aromatic heterocycles. The molecule has 0 bridgehead atoms. The molecule has 94 valence electrons. The summed E-state index contributed by atoms with van der Waals surface area (Å²) in [6.07, 6.45) is 0.273. The molecule has 0 heterocycles. The van der Waals surface area contributed by atoms with Crippen LogP contribution in [-0.4, -0.2) is 31.2 Å². The molecular formula is C12H11NO5. The molecule has 1 aromatic rings. The van der Waals surface area contributed by atoms with Gasteiger partial charge in [0.1, 0.15) is 13.2 Å². The van der Waals surface area contributed by atoms with Crippen LogP contribution in [0.1, 0.15) is 5.56 Å². The largest absolute Gasteiger partial charge is 0.509 e. The third kappa shape index (κ3) is 5.58. The quantitative estimate of drug-likeness (QED) is 0.430. The topological polar surface area (TPSA) is 82.0 Å². The van der Waals surface area contributed by atoms with Gasteiger partial charge in [-0.2, -0.15) is 4.99 Å². The van der Waals surface area contributed by atoms with Crippen molar-refractivity contribution in [1.29, 1.82) is 0 Å². The fraction of sp³-hybridized carbons (Fsp3) is 0.250. The van der Waals surface area contributed by atoms with Crippen LogP contribution in [0, 0.1) is 0 Å². The number of carbonyl (C=O) groups excluding carboxylic acids is 3. The number of benzene rings is 1. The molecule has 0 radical (unpaired) electrons. The van der Waals surface area contributed by atoms with Crippen LogP contribution in [0.2, 0.25) is 0 Å². The van der Waals surface area contributed by atoms with Crippen molar-refractivity contribution in [3.63, 3.8) is 0 Å². The first-order valence-corrected chi connectivity index (χ1v) is 5.11. The van der Waals surface area contributed by atoms with Crippen molar-refractivity contribution in [3.05, 3.63) is 35.9 Å². The monoisotopic (exact) mass is 249 g/mol. The highest BCUT2D eigenvalue weighted by atomic mass is 16.7. The highest BCUT2D eigenvalue weighted by Crippen LogP contribution is 2.01. The summed E-state index contributed by atoms with van der Waals surface area (Å²) < 4.78 is 9.28. The number of hydrogen-bond acceptors (Lipinski definition) is 6. The molecule has 0 aliphatic rings. The minimum atomic E-state index is -0.942. The summed E-state index contributed by atoms with van der Waals surface area (Å²) in [6, 6.07) is 9.04. The van der Waals surface area contributed by atoms with E-state index in [1.165, 1.54) is 6.08 Å². The molecule has 0 fully saturated rings. The molecule has 0 aliphatic heterocycles. The number of Topliss-reactive ketones (excluding diaryl/α,β-unsaturated/α-hetero) is 1. The maximum atomic E-state index is 11.1. The van der Waals surface area contributed by atoms with E-state index in [1.807, 2.05) is 18.2 Å². The number of aliphatic imine (C=N–C) groups is 1. The van der Waals surface area contributed by atoms with Crippen molar-refractivity contribution in [2.45, 2.75) is 6.61 Å². The molecule has 0 atom stereocenters. The summed E-state index contributed by atoms with van der Waals surface area (Å²) in [4.78, 5) is 34.9. The van der Waals surface area contributed by atoms with E-state index in [-0.39, 0.29) is 13.2 Å². The zero-order valence-electron chi connectivity index (χ0n) is 9.50. The van der Waals surface area contributed by atoms with E-state index in [4.69, 9.17) is 4.74 Å². The van der Waals surface area contributed by atoms with Gasteiger partial charge >= 0.3 is 6.16 Å². The van der Waals surface area contributed by atoms with Gasteiger partial charge < -0.3 is 9.47 Å². The minimum Gasteiger partial charge on any atom is -0.429 e. The van der Waals surface area contributed by atoms with Gasteiger partial charge in [-0.05, 0) is 5.56 Å². The molecule has 1 aromatic carbocycles. The molecule has 0 N–H and O–H groups in total. The average molecular weight is 249 g/mol. The Morgan fingerprint density at radius 1 is 1.17 bits per heavy atom. The fourth-order valence-corrected chi connectivity index (χ4v) is 1.06. The second kappa shape index (κ2) is 7.76. The SMILES string of the molecule is O=C=NCC(=O)COC(=O)OCc1ccccc1. The number of isocyanates is 1.